The lowest BCUT2D eigenvalue weighted by Crippen LogP contribution is -2.11. The molecule has 0 aliphatic carbocycles. The van der Waals surface area contributed by atoms with Crippen LogP contribution in [0.5, 0.6) is 0 Å². The number of aryl methyl sites for hydroxylation is 3. The minimum atomic E-state index is -0.356. The molecular formula is C19H15FN2O2S. The molecule has 0 fully saturated rings. The Morgan fingerprint density at radius 3 is 2.76 bits per heavy atom. The first-order valence-corrected chi connectivity index (χ1v) is 8.62. The largest absolute Gasteiger partial charge is 0.450 e. The molecule has 0 saturated carbocycles. The maximum Gasteiger partial charge on any atom is 0.293 e. The van der Waals surface area contributed by atoms with Crippen LogP contribution in [0.4, 0.5) is 9.52 Å². The van der Waals surface area contributed by atoms with E-state index in [4.69, 9.17) is 4.42 Å². The highest BCUT2D eigenvalue weighted by Crippen LogP contribution is 2.31. The molecule has 1 amide bonds. The molecule has 0 spiro atoms. The number of nitrogens with one attached hydrogen (secondary N) is 1. The zero-order valence-electron chi connectivity index (χ0n) is 13.9. The van der Waals surface area contributed by atoms with Crippen molar-refractivity contribution in [1.29, 1.82) is 0 Å². The summed E-state index contributed by atoms with van der Waals surface area (Å²) in [5, 5.41) is 4.10. The first-order valence-electron chi connectivity index (χ1n) is 7.81. The van der Waals surface area contributed by atoms with Crippen molar-refractivity contribution in [3.8, 4) is 0 Å². The molecule has 0 aliphatic heterocycles. The van der Waals surface area contributed by atoms with Crippen LogP contribution < -0.4 is 5.32 Å². The summed E-state index contributed by atoms with van der Waals surface area (Å²) in [4.78, 5) is 16.9. The smallest absolute Gasteiger partial charge is 0.293 e. The molecule has 4 rings (SSSR count). The van der Waals surface area contributed by atoms with E-state index >= 15 is 0 Å². The molecular weight excluding hydrogens is 339 g/mol. The van der Waals surface area contributed by atoms with Crippen molar-refractivity contribution in [3.63, 3.8) is 0 Å². The maximum atomic E-state index is 13.3. The number of anilines is 1. The second kappa shape index (κ2) is 5.67. The van der Waals surface area contributed by atoms with Crippen LogP contribution in [0, 0.1) is 26.6 Å². The van der Waals surface area contributed by atoms with Gasteiger partial charge in [-0.25, -0.2) is 9.37 Å². The monoisotopic (exact) mass is 354 g/mol. The van der Waals surface area contributed by atoms with Crippen LogP contribution in [0.3, 0.4) is 0 Å². The second-order valence-corrected chi connectivity index (χ2v) is 7.06. The lowest BCUT2D eigenvalue weighted by molar-refractivity contribution is 0.0998. The van der Waals surface area contributed by atoms with Gasteiger partial charge < -0.3 is 4.42 Å². The summed E-state index contributed by atoms with van der Waals surface area (Å²) < 4.78 is 19.8. The Morgan fingerprint density at radius 1 is 1.16 bits per heavy atom. The van der Waals surface area contributed by atoms with Crippen molar-refractivity contribution in [2.75, 3.05) is 5.32 Å². The van der Waals surface area contributed by atoms with Gasteiger partial charge in [-0.2, -0.15) is 0 Å². The average molecular weight is 354 g/mol. The topological polar surface area (TPSA) is 55.1 Å². The number of fused-ring (bicyclic) bond motifs is 2. The molecule has 0 unspecified atom stereocenters. The van der Waals surface area contributed by atoms with E-state index in [9.17, 15) is 9.18 Å². The number of carbonyl (C=O) groups is 1. The van der Waals surface area contributed by atoms with Crippen molar-refractivity contribution >= 4 is 43.6 Å². The highest BCUT2D eigenvalue weighted by Gasteiger charge is 2.20. The van der Waals surface area contributed by atoms with Crippen LogP contribution in [0.1, 0.15) is 27.2 Å². The van der Waals surface area contributed by atoms with E-state index in [1.807, 2.05) is 32.9 Å². The molecule has 2 heterocycles. The Kier molecular flexibility index (Phi) is 3.58. The van der Waals surface area contributed by atoms with Gasteiger partial charge in [0.1, 0.15) is 11.4 Å². The summed E-state index contributed by atoms with van der Waals surface area (Å²) in [6, 6.07) is 8.33. The number of hydrogen-bond acceptors (Lipinski definition) is 4. The first kappa shape index (κ1) is 15.8. The fraction of sp³-hybridized carbons (Fsp3) is 0.158. The van der Waals surface area contributed by atoms with E-state index in [2.05, 4.69) is 10.3 Å². The van der Waals surface area contributed by atoms with Gasteiger partial charge in [-0.3, -0.25) is 10.1 Å². The van der Waals surface area contributed by atoms with Crippen LogP contribution in [-0.4, -0.2) is 10.9 Å². The fourth-order valence-electron chi connectivity index (χ4n) is 2.84. The number of halogens is 1. The van der Waals surface area contributed by atoms with Gasteiger partial charge in [-0.15, -0.1) is 0 Å². The molecule has 6 heteroatoms. The number of thiazole rings is 1. The van der Waals surface area contributed by atoms with Gasteiger partial charge in [0.15, 0.2) is 10.9 Å². The zero-order chi connectivity index (χ0) is 17.7. The number of nitrogens with zero attached hydrogens (tertiary/aromatic N) is 1. The maximum absolute atomic E-state index is 13.3. The quantitative estimate of drug-likeness (QED) is 0.527. The fourth-order valence-corrected chi connectivity index (χ4v) is 3.73. The third-order valence-corrected chi connectivity index (χ3v) is 5.34. The predicted molar refractivity (Wildman–Crippen MR) is 98.0 cm³/mol. The summed E-state index contributed by atoms with van der Waals surface area (Å²) >= 11 is 1.23. The van der Waals surface area contributed by atoms with E-state index in [0.29, 0.717) is 15.3 Å². The lowest BCUT2D eigenvalue weighted by Gasteiger charge is -1.99. The summed E-state index contributed by atoms with van der Waals surface area (Å²) in [7, 11) is 0. The molecule has 126 valence electrons. The number of aromatic nitrogens is 1. The molecule has 2 aromatic heterocycles. The third kappa shape index (κ3) is 2.59. The van der Waals surface area contributed by atoms with Crippen molar-refractivity contribution in [2.24, 2.45) is 0 Å². The van der Waals surface area contributed by atoms with Crippen molar-refractivity contribution in [3.05, 3.63) is 58.6 Å². The van der Waals surface area contributed by atoms with Crippen molar-refractivity contribution in [1.82, 2.24) is 4.98 Å². The summed E-state index contributed by atoms with van der Waals surface area (Å²) in [5.74, 6) is -0.410. The average Bonchev–Trinajstić information content (AvgIpc) is 3.11. The van der Waals surface area contributed by atoms with Gasteiger partial charge in [0.05, 0.1) is 10.2 Å². The van der Waals surface area contributed by atoms with Crippen molar-refractivity contribution < 1.29 is 13.6 Å². The summed E-state index contributed by atoms with van der Waals surface area (Å²) in [6.45, 7) is 5.85. The van der Waals surface area contributed by atoms with Crippen LogP contribution in [-0.2, 0) is 0 Å². The summed E-state index contributed by atoms with van der Waals surface area (Å²) in [5.41, 5.74) is 4.31. The molecule has 2 aromatic carbocycles. The normalized spacial score (nSPS) is 11.4. The Hall–Kier alpha value is -2.73. The lowest BCUT2D eigenvalue weighted by atomic mass is 10.0. The van der Waals surface area contributed by atoms with Crippen LogP contribution >= 0.6 is 11.3 Å². The van der Waals surface area contributed by atoms with E-state index in [1.165, 1.54) is 23.5 Å². The van der Waals surface area contributed by atoms with Gasteiger partial charge in [0, 0.05) is 10.9 Å². The Balaban J connectivity index is 1.71. The highest BCUT2D eigenvalue weighted by atomic mass is 32.1. The molecule has 1 N–H and O–H groups in total. The van der Waals surface area contributed by atoms with Crippen molar-refractivity contribution in [2.45, 2.75) is 20.8 Å². The number of rotatable bonds is 2. The van der Waals surface area contributed by atoms with Crippen LogP contribution in [0.25, 0.3) is 21.2 Å². The molecule has 0 atom stereocenters. The van der Waals surface area contributed by atoms with E-state index in [0.717, 1.165) is 27.7 Å². The Labute approximate surface area is 147 Å². The Bertz CT molecular complexity index is 1140. The van der Waals surface area contributed by atoms with Gasteiger partial charge >= 0.3 is 0 Å². The van der Waals surface area contributed by atoms with Gasteiger partial charge in [0.2, 0.25) is 0 Å². The van der Waals surface area contributed by atoms with Crippen LogP contribution in [0.15, 0.2) is 34.7 Å². The third-order valence-electron chi connectivity index (χ3n) is 4.40. The van der Waals surface area contributed by atoms with Crippen LogP contribution in [0.2, 0.25) is 0 Å². The molecule has 4 nitrogen and oxygen atoms in total. The number of furan rings is 1. The predicted octanol–water partition coefficient (Wildman–Crippen LogP) is 5.36. The molecule has 0 saturated heterocycles. The molecule has 4 aromatic rings. The SMILES string of the molecule is Cc1ccc2c(C)c(C(=O)Nc3nc4ccc(F)cc4s3)oc2c1C. The molecule has 0 bridgehead atoms. The van der Waals surface area contributed by atoms with Gasteiger partial charge in [0.25, 0.3) is 5.91 Å². The Morgan fingerprint density at radius 2 is 1.96 bits per heavy atom. The van der Waals surface area contributed by atoms with Gasteiger partial charge in [-0.1, -0.05) is 23.5 Å². The minimum absolute atomic E-state index is 0.272. The molecule has 25 heavy (non-hydrogen) atoms. The number of carbonyl (C=O) groups excluding carboxylic acids is 1. The highest BCUT2D eigenvalue weighted by molar-refractivity contribution is 7.22. The zero-order valence-corrected chi connectivity index (χ0v) is 14.8. The van der Waals surface area contributed by atoms with E-state index < -0.39 is 0 Å². The summed E-state index contributed by atoms with van der Waals surface area (Å²) in [6.07, 6.45) is 0. The number of amides is 1. The second-order valence-electron chi connectivity index (χ2n) is 6.03. The first-order chi connectivity index (χ1) is 11.9. The van der Waals surface area contributed by atoms with Gasteiger partial charge in [-0.05, 0) is 50.1 Å². The number of benzene rings is 2. The molecule has 0 aliphatic rings. The number of hydrogen-bond donors (Lipinski definition) is 1. The van der Waals surface area contributed by atoms with E-state index in [1.54, 1.807) is 6.07 Å². The standard InChI is InChI=1S/C19H15FN2O2S/c1-9-4-6-13-11(3)17(24-16(13)10(9)2)18(23)22-19-21-14-7-5-12(20)8-15(14)25-19/h4-8H,1-3H3,(H,21,22,23). The minimum Gasteiger partial charge on any atom is -0.450 e. The molecule has 0 radical (unpaired) electrons. The van der Waals surface area contributed by atoms with E-state index in [-0.39, 0.29) is 17.5 Å².